The van der Waals surface area contributed by atoms with Crippen molar-refractivity contribution < 1.29 is 14.3 Å². The molecular weight excluding hydrogens is 277 g/mol. The minimum atomic E-state index is -0.476. The molecule has 0 heterocycles. The van der Waals surface area contributed by atoms with Crippen molar-refractivity contribution in [3.05, 3.63) is 34.1 Å². The van der Waals surface area contributed by atoms with Crippen LogP contribution in [0.4, 0.5) is 4.39 Å². The van der Waals surface area contributed by atoms with Crippen molar-refractivity contribution in [2.45, 2.75) is 18.4 Å². The molecule has 1 fully saturated rings. The number of hydrogen-bond donors (Lipinski definition) is 2. The van der Waals surface area contributed by atoms with E-state index in [0.717, 1.165) is 12.8 Å². The number of aliphatic hydroxyl groups is 1. The largest absolute Gasteiger partial charge is 0.394 e. The van der Waals surface area contributed by atoms with Gasteiger partial charge in [0.2, 0.25) is 0 Å². The molecule has 0 spiro atoms. The molecule has 3 nitrogen and oxygen atoms in total. The van der Waals surface area contributed by atoms with Crippen molar-refractivity contribution >= 4 is 21.8 Å². The molecule has 1 aromatic carbocycles. The van der Waals surface area contributed by atoms with Crippen LogP contribution in [0.3, 0.4) is 0 Å². The number of amides is 1. The topological polar surface area (TPSA) is 49.3 Å². The Labute approximate surface area is 101 Å². The lowest BCUT2D eigenvalue weighted by Crippen LogP contribution is -2.39. The molecule has 86 valence electrons. The lowest BCUT2D eigenvalue weighted by molar-refractivity contribution is 0.0906. The van der Waals surface area contributed by atoms with E-state index in [1.54, 1.807) is 6.07 Å². The molecule has 16 heavy (non-hydrogen) atoms. The molecule has 0 aromatic heterocycles. The van der Waals surface area contributed by atoms with Gasteiger partial charge in [-0.1, -0.05) is 15.9 Å². The van der Waals surface area contributed by atoms with Crippen molar-refractivity contribution in [1.82, 2.24) is 5.32 Å². The van der Waals surface area contributed by atoms with Gasteiger partial charge in [0.25, 0.3) is 5.91 Å². The van der Waals surface area contributed by atoms with Crippen molar-refractivity contribution in [2.24, 2.45) is 0 Å². The Balaban J connectivity index is 2.14. The van der Waals surface area contributed by atoms with E-state index in [1.807, 2.05) is 0 Å². The van der Waals surface area contributed by atoms with Gasteiger partial charge in [-0.15, -0.1) is 0 Å². The molecule has 5 heteroatoms. The van der Waals surface area contributed by atoms with Gasteiger partial charge >= 0.3 is 0 Å². The first-order chi connectivity index (χ1) is 7.54. The molecule has 2 N–H and O–H groups in total. The van der Waals surface area contributed by atoms with Crippen LogP contribution in [0, 0.1) is 5.82 Å². The first kappa shape index (κ1) is 11.5. The number of benzene rings is 1. The number of hydrogen-bond acceptors (Lipinski definition) is 2. The first-order valence-electron chi connectivity index (χ1n) is 4.94. The highest BCUT2D eigenvalue weighted by Gasteiger charge is 2.43. The Kier molecular flexibility index (Phi) is 2.99. The van der Waals surface area contributed by atoms with Crippen LogP contribution in [-0.4, -0.2) is 23.2 Å². The van der Waals surface area contributed by atoms with Crippen LogP contribution in [0.1, 0.15) is 23.2 Å². The van der Waals surface area contributed by atoms with Crippen molar-refractivity contribution in [1.29, 1.82) is 0 Å². The summed E-state index contributed by atoms with van der Waals surface area (Å²) in [5.41, 5.74) is -0.220. The number of carbonyl (C=O) groups is 1. The van der Waals surface area contributed by atoms with Crippen LogP contribution < -0.4 is 5.32 Å². The van der Waals surface area contributed by atoms with Crippen molar-refractivity contribution in [3.63, 3.8) is 0 Å². The number of aliphatic hydroxyl groups excluding tert-OH is 1. The summed E-state index contributed by atoms with van der Waals surface area (Å²) in [4.78, 5) is 11.8. The minimum Gasteiger partial charge on any atom is -0.394 e. The molecule has 0 aliphatic heterocycles. The van der Waals surface area contributed by atoms with Crippen molar-refractivity contribution in [2.75, 3.05) is 6.61 Å². The zero-order valence-corrected chi connectivity index (χ0v) is 10.1. The molecule has 0 atom stereocenters. The van der Waals surface area contributed by atoms with E-state index >= 15 is 0 Å². The monoisotopic (exact) mass is 287 g/mol. The zero-order chi connectivity index (χ0) is 11.8. The lowest BCUT2D eigenvalue weighted by atomic mass is 10.2. The summed E-state index contributed by atoms with van der Waals surface area (Å²) in [7, 11) is 0. The number of rotatable bonds is 3. The molecule has 1 aliphatic carbocycles. The second kappa shape index (κ2) is 4.14. The summed E-state index contributed by atoms with van der Waals surface area (Å²) in [5, 5.41) is 11.8. The quantitative estimate of drug-likeness (QED) is 0.891. The van der Waals surface area contributed by atoms with E-state index in [0.29, 0.717) is 4.47 Å². The first-order valence-corrected chi connectivity index (χ1v) is 5.73. The van der Waals surface area contributed by atoms with Gasteiger partial charge < -0.3 is 10.4 Å². The summed E-state index contributed by atoms with van der Waals surface area (Å²) >= 11 is 3.12. The Bertz CT molecular complexity index is 412. The van der Waals surface area contributed by atoms with Crippen LogP contribution in [0.2, 0.25) is 0 Å². The van der Waals surface area contributed by atoms with Gasteiger partial charge in [-0.3, -0.25) is 4.79 Å². The predicted molar refractivity (Wildman–Crippen MR) is 60.6 cm³/mol. The third-order valence-electron chi connectivity index (χ3n) is 2.66. The van der Waals surface area contributed by atoms with Gasteiger partial charge in [-0.2, -0.15) is 0 Å². The second-order valence-electron chi connectivity index (χ2n) is 4.05. The predicted octanol–water partition coefficient (Wildman–Crippen LogP) is 1.84. The smallest absolute Gasteiger partial charge is 0.251 e. The SMILES string of the molecule is O=C(NC1(CO)CC1)c1cc(F)cc(Br)c1. The maximum absolute atomic E-state index is 13.1. The number of halogens is 2. The summed E-state index contributed by atoms with van der Waals surface area (Å²) in [6.45, 7) is -0.0742. The molecule has 0 unspecified atom stereocenters. The van der Waals surface area contributed by atoms with Gasteiger partial charge in [0.05, 0.1) is 12.1 Å². The zero-order valence-electron chi connectivity index (χ0n) is 8.46. The molecule has 0 saturated heterocycles. The van der Waals surface area contributed by atoms with Crippen LogP contribution >= 0.6 is 15.9 Å². The molecule has 1 amide bonds. The van der Waals surface area contributed by atoms with E-state index < -0.39 is 11.4 Å². The Hall–Kier alpha value is -0.940. The second-order valence-corrected chi connectivity index (χ2v) is 4.97. The summed E-state index contributed by atoms with van der Waals surface area (Å²) < 4.78 is 13.6. The van der Waals surface area contributed by atoms with E-state index in [1.165, 1.54) is 12.1 Å². The highest BCUT2D eigenvalue weighted by Crippen LogP contribution is 2.34. The number of carbonyl (C=O) groups excluding carboxylic acids is 1. The maximum atomic E-state index is 13.1. The standard InChI is InChI=1S/C11H11BrFNO2/c12-8-3-7(4-9(13)5-8)10(16)14-11(6-15)1-2-11/h3-5,15H,1-2,6H2,(H,14,16). The van der Waals surface area contributed by atoms with Gasteiger partial charge in [-0.25, -0.2) is 4.39 Å². The fraction of sp³-hybridized carbons (Fsp3) is 0.364. The molecule has 2 rings (SSSR count). The molecule has 0 radical (unpaired) electrons. The summed E-state index contributed by atoms with van der Waals surface area (Å²) in [6.07, 6.45) is 1.54. The van der Waals surface area contributed by atoms with Crippen molar-refractivity contribution in [3.8, 4) is 0 Å². The fourth-order valence-corrected chi connectivity index (χ4v) is 1.94. The van der Waals surface area contributed by atoms with E-state index in [-0.39, 0.29) is 18.1 Å². The summed E-state index contributed by atoms with van der Waals surface area (Å²) in [5.74, 6) is -0.819. The third kappa shape index (κ3) is 2.41. The minimum absolute atomic E-state index is 0.0742. The fourth-order valence-electron chi connectivity index (χ4n) is 1.47. The van der Waals surface area contributed by atoms with Gasteiger partial charge in [0.1, 0.15) is 5.82 Å². The van der Waals surface area contributed by atoms with Crippen LogP contribution in [-0.2, 0) is 0 Å². The Morgan fingerprint density at radius 3 is 2.69 bits per heavy atom. The third-order valence-corrected chi connectivity index (χ3v) is 3.12. The maximum Gasteiger partial charge on any atom is 0.251 e. The normalized spacial score (nSPS) is 16.9. The van der Waals surface area contributed by atoms with E-state index in [2.05, 4.69) is 21.2 Å². The van der Waals surface area contributed by atoms with Gasteiger partial charge in [-0.05, 0) is 31.0 Å². The average Bonchev–Trinajstić information content (AvgIpc) is 2.97. The average molecular weight is 288 g/mol. The summed E-state index contributed by atoms with van der Waals surface area (Å²) in [6, 6.07) is 4.01. The molecule has 1 aromatic rings. The Morgan fingerprint density at radius 1 is 1.50 bits per heavy atom. The number of nitrogens with one attached hydrogen (secondary N) is 1. The Morgan fingerprint density at radius 2 is 2.19 bits per heavy atom. The van der Waals surface area contributed by atoms with Gasteiger partial charge in [0.15, 0.2) is 0 Å². The van der Waals surface area contributed by atoms with Gasteiger partial charge in [0, 0.05) is 10.0 Å². The molecule has 1 saturated carbocycles. The molecule has 1 aliphatic rings. The van der Waals surface area contributed by atoms with E-state index in [9.17, 15) is 9.18 Å². The van der Waals surface area contributed by atoms with E-state index in [4.69, 9.17) is 5.11 Å². The highest BCUT2D eigenvalue weighted by molar-refractivity contribution is 9.10. The highest BCUT2D eigenvalue weighted by atomic mass is 79.9. The molecular formula is C11H11BrFNO2. The molecule has 0 bridgehead atoms. The lowest BCUT2D eigenvalue weighted by Gasteiger charge is -2.14. The van der Waals surface area contributed by atoms with Crippen LogP contribution in [0.15, 0.2) is 22.7 Å². The van der Waals surface area contributed by atoms with Crippen LogP contribution in [0.5, 0.6) is 0 Å². The van der Waals surface area contributed by atoms with Crippen LogP contribution in [0.25, 0.3) is 0 Å².